The van der Waals surface area contributed by atoms with Crippen molar-refractivity contribution in [3.05, 3.63) is 46.7 Å². The quantitative estimate of drug-likeness (QED) is 0.759. The Morgan fingerprint density at radius 3 is 2.55 bits per heavy atom. The van der Waals surface area contributed by atoms with Crippen LogP contribution in [0.5, 0.6) is 0 Å². The number of hydrogen-bond donors (Lipinski definition) is 3. The molecular formula is C12H11ClN4O3. The van der Waals surface area contributed by atoms with Gasteiger partial charge in [0, 0.05) is 6.42 Å². The smallest absolute Gasteiger partial charge is 0.326 e. The van der Waals surface area contributed by atoms with Crippen LogP contribution in [0.25, 0.3) is 0 Å². The largest absolute Gasteiger partial charge is 0.480 e. The molecule has 0 saturated heterocycles. The van der Waals surface area contributed by atoms with Crippen molar-refractivity contribution < 1.29 is 14.7 Å². The molecule has 0 bridgehead atoms. The maximum Gasteiger partial charge on any atom is 0.326 e. The van der Waals surface area contributed by atoms with Gasteiger partial charge in [-0.15, -0.1) is 10.2 Å². The second-order valence-electron chi connectivity index (χ2n) is 4.02. The average molecular weight is 295 g/mol. The van der Waals surface area contributed by atoms with Crippen molar-refractivity contribution in [1.29, 1.82) is 0 Å². The number of rotatable bonds is 5. The zero-order chi connectivity index (χ0) is 14.5. The highest BCUT2D eigenvalue weighted by Crippen LogP contribution is 2.09. The predicted molar refractivity (Wildman–Crippen MR) is 70.4 cm³/mol. The molecule has 1 aromatic carbocycles. The molecule has 0 aliphatic carbocycles. The Hall–Kier alpha value is -2.41. The van der Waals surface area contributed by atoms with Crippen molar-refractivity contribution in [3.63, 3.8) is 0 Å². The third-order valence-corrected chi connectivity index (χ3v) is 2.87. The van der Waals surface area contributed by atoms with Gasteiger partial charge >= 0.3 is 5.97 Å². The molecule has 1 aromatic heterocycles. The molecule has 0 aliphatic rings. The third kappa shape index (κ3) is 3.33. The number of amides is 1. The minimum atomic E-state index is -1.14. The molecule has 0 saturated carbocycles. The second-order valence-corrected chi connectivity index (χ2v) is 4.38. The van der Waals surface area contributed by atoms with Gasteiger partial charge in [-0.3, -0.25) is 4.79 Å². The maximum absolute atomic E-state index is 11.9. The number of carboxylic acid groups (broad SMARTS) is 1. The Labute approximate surface area is 119 Å². The first kappa shape index (κ1) is 14.0. The van der Waals surface area contributed by atoms with Gasteiger partial charge in [0.2, 0.25) is 0 Å². The Bertz CT molecular complexity index is 614. The fourth-order valence-corrected chi connectivity index (χ4v) is 1.80. The van der Waals surface area contributed by atoms with Crippen LogP contribution in [-0.4, -0.2) is 38.4 Å². The van der Waals surface area contributed by atoms with E-state index in [1.807, 2.05) is 6.07 Å². The van der Waals surface area contributed by atoms with Crippen LogP contribution in [-0.2, 0) is 11.2 Å². The van der Waals surface area contributed by atoms with Crippen molar-refractivity contribution in [3.8, 4) is 0 Å². The first-order chi connectivity index (χ1) is 9.58. The summed E-state index contributed by atoms with van der Waals surface area (Å²) in [5.41, 5.74) is 0.664. The standard InChI is InChI=1S/C12H11ClN4O3/c13-10-9(15-17-16-10)11(18)14-8(12(19)20)6-7-4-2-1-3-5-7/h1-5,8H,6H2,(H,14,18)(H,19,20)(H,15,16,17)/t8-/m0/s1. The molecule has 0 aliphatic heterocycles. The van der Waals surface area contributed by atoms with Gasteiger partial charge in [0.15, 0.2) is 10.8 Å². The Kier molecular flexibility index (Phi) is 4.31. The van der Waals surface area contributed by atoms with E-state index in [2.05, 4.69) is 20.7 Å². The molecule has 8 heteroatoms. The van der Waals surface area contributed by atoms with E-state index in [0.717, 1.165) is 5.56 Å². The van der Waals surface area contributed by atoms with E-state index < -0.39 is 17.9 Å². The lowest BCUT2D eigenvalue weighted by Gasteiger charge is -2.13. The molecule has 20 heavy (non-hydrogen) atoms. The molecule has 1 heterocycles. The van der Waals surface area contributed by atoms with Gasteiger partial charge in [-0.05, 0) is 5.56 Å². The number of aromatic amines is 1. The molecule has 2 aromatic rings. The van der Waals surface area contributed by atoms with E-state index in [0.29, 0.717) is 0 Å². The van der Waals surface area contributed by atoms with Crippen molar-refractivity contribution in [2.45, 2.75) is 12.5 Å². The fourth-order valence-electron chi connectivity index (χ4n) is 1.64. The summed E-state index contributed by atoms with van der Waals surface area (Å²) in [5, 5.41) is 20.7. The van der Waals surface area contributed by atoms with E-state index in [4.69, 9.17) is 16.7 Å². The van der Waals surface area contributed by atoms with Gasteiger partial charge in [0.1, 0.15) is 6.04 Å². The van der Waals surface area contributed by atoms with Crippen LogP contribution in [0.1, 0.15) is 16.1 Å². The Morgan fingerprint density at radius 1 is 1.30 bits per heavy atom. The minimum absolute atomic E-state index is 0.105. The molecule has 2 rings (SSSR count). The monoisotopic (exact) mass is 294 g/mol. The van der Waals surface area contributed by atoms with E-state index in [-0.39, 0.29) is 17.3 Å². The van der Waals surface area contributed by atoms with Gasteiger partial charge in [-0.1, -0.05) is 41.9 Å². The van der Waals surface area contributed by atoms with E-state index in [9.17, 15) is 9.59 Å². The summed E-state index contributed by atoms with van der Waals surface area (Å²) in [6.07, 6.45) is 0.164. The molecule has 3 N–H and O–H groups in total. The van der Waals surface area contributed by atoms with E-state index in [1.54, 1.807) is 24.3 Å². The lowest BCUT2D eigenvalue weighted by molar-refractivity contribution is -0.139. The minimum Gasteiger partial charge on any atom is -0.480 e. The number of aromatic nitrogens is 3. The Morgan fingerprint density at radius 2 is 2.00 bits per heavy atom. The second kappa shape index (κ2) is 6.16. The van der Waals surface area contributed by atoms with Gasteiger partial charge in [0.25, 0.3) is 5.91 Å². The first-order valence-electron chi connectivity index (χ1n) is 5.72. The first-order valence-corrected chi connectivity index (χ1v) is 6.09. The van der Waals surface area contributed by atoms with Crippen LogP contribution in [0.3, 0.4) is 0 Å². The van der Waals surface area contributed by atoms with Gasteiger partial charge in [-0.2, -0.15) is 5.21 Å². The summed E-state index contributed by atoms with van der Waals surface area (Å²) in [6, 6.07) is 7.91. The van der Waals surface area contributed by atoms with Crippen LogP contribution >= 0.6 is 11.6 Å². The number of aliphatic carboxylic acids is 1. The molecular weight excluding hydrogens is 284 g/mol. The third-order valence-electron chi connectivity index (χ3n) is 2.61. The number of benzene rings is 1. The van der Waals surface area contributed by atoms with Gasteiger partial charge < -0.3 is 10.4 Å². The summed E-state index contributed by atoms with van der Waals surface area (Å²) in [6.45, 7) is 0. The van der Waals surface area contributed by atoms with E-state index in [1.165, 1.54) is 0 Å². The van der Waals surface area contributed by atoms with Crippen LogP contribution in [0.4, 0.5) is 0 Å². The molecule has 1 atom stereocenters. The number of carbonyl (C=O) groups excluding carboxylic acids is 1. The molecule has 0 unspecified atom stereocenters. The number of hydrogen-bond acceptors (Lipinski definition) is 4. The summed E-state index contributed by atoms with van der Waals surface area (Å²) in [4.78, 5) is 23.1. The lowest BCUT2D eigenvalue weighted by Crippen LogP contribution is -2.42. The number of nitrogens with one attached hydrogen (secondary N) is 2. The number of H-pyrrole nitrogens is 1. The summed E-state index contributed by atoms with van der Waals surface area (Å²) >= 11 is 5.64. The summed E-state index contributed by atoms with van der Waals surface area (Å²) < 4.78 is 0. The highest BCUT2D eigenvalue weighted by atomic mass is 35.5. The number of nitrogens with zero attached hydrogens (tertiary/aromatic N) is 2. The Balaban J connectivity index is 2.09. The molecule has 104 valence electrons. The lowest BCUT2D eigenvalue weighted by atomic mass is 10.1. The zero-order valence-electron chi connectivity index (χ0n) is 10.2. The topological polar surface area (TPSA) is 108 Å². The van der Waals surface area contributed by atoms with Crippen LogP contribution in [0, 0.1) is 0 Å². The van der Waals surface area contributed by atoms with Crippen LogP contribution in [0.2, 0.25) is 5.15 Å². The maximum atomic E-state index is 11.9. The molecule has 1 amide bonds. The summed E-state index contributed by atoms with van der Waals surface area (Å²) in [5.74, 6) is -1.83. The summed E-state index contributed by atoms with van der Waals surface area (Å²) in [7, 11) is 0. The predicted octanol–water partition coefficient (Wildman–Crippen LogP) is 0.884. The highest BCUT2D eigenvalue weighted by Gasteiger charge is 2.24. The van der Waals surface area contributed by atoms with Gasteiger partial charge in [0.05, 0.1) is 0 Å². The van der Waals surface area contributed by atoms with Gasteiger partial charge in [-0.25, -0.2) is 4.79 Å². The normalized spacial score (nSPS) is 11.8. The average Bonchev–Trinajstić information content (AvgIpc) is 2.85. The molecule has 7 nitrogen and oxygen atoms in total. The SMILES string of the molecule is O=C(N[C@@H](Cc1ccccc1)C(=O)O)c1n[nH]nc1Cl. The van der Waals surface area contributed by atoms with Crippen molar-refractivity contribution in [2.75, 3.05) is 0 Å². The number of carboxylic acids is 1. The number of halogens is 1. The molecule has 0 fully saturated rings. The molecule has 0 spiro atoms. The number of carbonyl (C=O) groups is 2. The zero-order valence-corrected chi connectivity index (χ0v) is 11.0. The van der Waals surface area contributed by atoms with Crippen molar-refractivity contribution in [2.24, 2.45) is 0 Å². The van der Waals surface area contributed by atoms with Crippen molar-refractivity contribution >= 4 is 23.5 Å². The van der Waals surface area contributed by atoms with Crippen LogP contribution < -0.4 is 5.32 Å². The highest BCUT2D eigenvalue weighted by molar-refractivity contribution is 6.32. The van der Waals surface area contributed by atoms with Crippen LogP contribution in [0.15, 0.2) is 30.3 Å². The molecule has 0 radical (unpaired) electrons. The van der Waals surface area contributed by atoms with E-state index >= 15 is 0 Å². The van der Waals surface area contributed by atoms with Crippen molar-refractivity contribution in [1.82, 2.24) is 20.7 Å². The fraction of sp³-hybridized carbons (Fsp3) is 0.167.